The Morgan fingerprint density at radius 1 is 1.31 bits per heavy atom. The summed E-state index contributed by atoms with van der Waals surface area (Å²) in [5.74, 6) is 1.20. The molecule has 29 heavy (non-hydrogen) atoms. The van der Waals surface area contributed by atoms with Gasteiger partial charge in [0.25, 0.3) is 0 Å². The Hall–Kier alpha value is -2.94. The Bertz CT molecular complexity index is 904. The number of piperidine rings is 1. The van der Waals surface area contributed by atoms with Gasteiger partial charge in [-0.25, -0.2) is 9.99 Å². The summed E-state index contributed by atoms with van der Waals surface area (Å²) in [5.41, 5.74) is 8.25. The highest BCUT2D eigenvalue weighted by atomic mass is 16.1. The Morgan fingerprint density at radius 3 is 2.69 bits per heavy atom. The van der Waals surface area contributed by atoms with Crippen molar-refractivity contribution in [3.8, 4) is 0 Å². The van der Waals surface area contributed by atoms with Crippen molar-refractivity contribution >= 4 is 28.5 Å². The molecule has 0 unspecified atom stereocenters. The third-order valence-corrected chi connectivity index (χ3v) is 5.15. The predicted molar refractivity (Wildman–Crippen MR) is 112 cm³/mol. The molecule has 1 amide bonds. The zero-order valence-corrected chi connectivity index (χ0v) is 17.1. The van der Waals surface area contributed by atoms with Gasteiger partial charge >= 0.3 is 0 Å². The van der Waals surface area contributed by atoms with Gasteiger partial charge in [0.15, 0.2) is 5.84 Å². The molecule has 1 aliphatic rings. The number of amidine groups is 1. The molecule has 0 radical (unpaired) electrons. The smallest absolute Gasteiger partial charge is 0.228 e. The number of pyridine rings is 2. The van der Waals surface area contributed by atoms with Crippen LogP contribution in [-0.4, -0.2) is 58.3 Å². The summed E-state index contributed by atoms with van der Waals surface area (Å²) in [6.07, 6.45) is 4.88. The standard InChI is InChI=1S/C20H28N8O/c1-13(2)12-28-6-4-14(5-7-28)20(29)25-18-9-15-8-16(19(21)27(3)26-22)10-23-17(15)11-24-18/h8-11,13-14,21-22H,4-7,12H2,1-3H3,(H,24,25,29). The summed E-state index contributed by atoms with van der Waals surface area (Å²) in [4.78, 5) is 23.7. The van der Waals surface area contributed by atoms with E-state index in [9.17, 15) is 4.79 Å². The van der Waals surface area contributed by atoms with Crippen LogP contribution in [0.3, 0.4) is 0 Å². The molecule has 154 valence electrons. The van der Waals surface area contributed by atoms with Gasteiger partial charge < -0.3 is 10.2 Å². The van der Waals surface area contributed by atoms with Crippen LogP contribution in [-0.2, 0) is 4.79 Å². The average Bonchev–Trinajstić information content (AvgIpc) is 2.72. The van der Waals surface area contributed by atoms with Gasteiger partial charge in [-0.15, -0.1) is 0 Å². The summed E-state index contributed by atoms with van der Waals surface area (Å²) in [6.45, 7) is 7.40. The van der Waals surface area contributed by atoms with Crippen LogP contribution < -0.4 is 5.32 Å². The number of amides is 1. The van der Waals surface area contributed by atoms with Crippen molar-refractivity contribution in [2.24, 2.45) is 17.1 Å². The number of fused-ring (bicyclic) bond motifs is 1. The molecule has 3 heterocycles. The fourth-order valence-electron chi connectivity index (χ4n) is 3.59. The molecule has 2 aromatic heterocycles. The van der Waals surface area contributed by atoms with Gasteiger partial charge in [-0.2, -0.15) is 5.53 Å². The Kier molecular flexibility index (Phi) is 6.48. The van der Waals surface area contributed by atoms with Gasteiger partial charge in [0.2, 0.25) is 5.91 Å². The molecular formula is C20H28N8O. The van der Waals surface area contributed by atoms with Gasteiger partial charge in [-0.05, 0) is 44.0 Å². The number of carbonyl (C=O) groups is 1. The van der Waals surface area contributed by atoms with Crippen molar-refractivity contribution in [1.29, 1.82) is 10.9 Å². The SMILES string of the molecule is CC(C)CN1CCC(C(=O)Nc2cc3cc(C(=N)N(C)N=N)cnc3cn2)CC1. The fraction of sp³-hybridized carbons (Fsp3) is 0.500. The minimum atomic E-state index is 0.000798. The summed E-state index contributed by atoms with van der Waals surface area (Å²) in [5, 5.41) is 16.1. The van der Waals surface area contributed by atoms with Crippen LogP contribution in [0.4, 0.5) is 5.82 Å². The maximum atomic E-state index is 12.7. The molecule has 1 saturated heterocycles. The largest absolute Gasteiger partial charge is 0.310 e. The van der Waals surface area contributed by atoms with Crippen LogP contribution in [0.15, 0.2) is 29.7 Å². The van der Waals surface area contributed by atoms with E-state index in [-0.39, 0.29) is 17.7 Å². The van der Waals surface area contributed by atoms with E-state index in [1.54, 1.807) is 24.5 Å². The quantitative estimate of drug-likeness (QED) is 0.300. The number of hydrogen-bond acceptors (Lipinski definition) is 7. The molecule has 0 aromatic carbocycles. The Balaban J connectivity index is 1.68. The summed E-state index contributed by atoms with van der Waals surface area (Å²) in [7, 11) is 1.53. The zero-order chi connectivity index (χ0) is 21.0. The number of likely N-dealkylation sites (tertiary alicyclic amines) is 1. The van der Waals surface area contributed by atoms with Crippen LogP contribution in [0.1, 0.15) is 32.3 Å². The van der Waals surface area contributed by atoms with Gasteiger partial charge in [-0.1, -0.05) is 19.1 Å². The number of hydrogen-bond donors (Lipinski definition) is 3. The van der Waals surface area contributed by atoms with E-state index in [0.29, 0.717) is 22.8 Å². The van der Waals surface area contributed by atoms with E-state index >= 15 is 0 Å². The van der Waals surface area contributed by atoms with E-state index in [4.69, 9.17) is 10.9 Å². The Morgan fingerprint density at radius 2 is 2.03 bits per heavy atom. The number of nitrogens with zero attached hydrogens (tertiary/aromatic N) is 5. The van der Waals surface area contributed by atoms with Gasteiger partial charge in [-0.3, -0.25) is 15.2 Å². The van der Waals surface area contributed by atoms with Crippen LogP contribution in [0.5, 0.6) is 0 Å². The molecule has 2 aromatic rings. The van der Waals surface area contributed by atoms with Crippen LogP contribution >= 0.6 is 0 Å². The molecular weight excluding hydrogens is 368 g/mol. The second-order valence-electron chi connectivity index (χ2n) is 7.92. The maximum Gasteiger partial charge on any atom is 0.228 e. The van der Waals surface area contributed by atoms with E-state index in [0.717, 1.165) is 42.9 Å². The molecule has 0 spiro atoms. The minimum Gasteiger partial charge on any atom is -0.310 e. The van der Waals surface area contributed by atoms with Crippen molar-refractivity contribution in [3.05, 3.63) is 30.1 Å². The first kappa shape index (κ1) is 20.8. The van der Waals surface area contributed by atoms with Crippen molar-refractivity contribution < 1.29 is 4.79 Å². The van der Waals surface area contributed by atoms with E-state index in [1.165, 1.54) is 7.05 Å². The van der Waals surface area contributed by atoms with Crippen molar-refractivity contribution in [1.82, 2.24) is 19.9 Å². The van der Waals surface area contributed by atoms with Crippen LogP contribution in [0.2, 0.25) is 0 Å². The second-order valence-corrected chi connectivity index (χ2v) is 7.92. The summed E-state index contributed by atoms with van der Waals surface area (Å²) >= 11 is 0. The molecule has 9 heteroatoms. The lowest BCUT2D eigenvalue weighted by molar-refractivity contribution is -0.121. The third-order valence-electron chi connectivity index (χ3n) is 5.15. The average molecular weight is 396 g/mol. The number of aromatic nitrogens is 2. The molecule has 0 aliphatic carbocycles. The van der Waals surface area contributed by atoms with Crippen molar-refractivity contribution in [2.45, 2.75) is 26.7 Å². The van der Waals surface area contributed by atoms with Gasteiger partial charge in [0.05, 0.1) is 11.7 Å². The first-order valence-corrected chi connectivity index (χ1v) is 9.86. The molecule has 0 saturated carbocycles. The lowest BCUT2D eigenvalue weighted by Crippen LogP contribution is -2.39. The van der Waals surface area contributed by atoms with Crippen LogP contribution in [0, 0.1) is 22.8 Å². The molecule has 1 fully saturated rings. The van der Waals surface area contributed by atoms with Gasteiger partial charge in [0, 0.05) is 36.7 Å². The highest BCUT2D eigenvalue weighted by Gasteiger charge is 2.25. The van der Waals surface area contributed by atoms with Crippen molar-refractivity contribution in [3.63, 3.8) is 0 Å². The number of carbonyl (C=O) groups excluding carboxylic acids is 1. The number of nitrogens with one attached hydrogen (secondary N) is 3. The first-order valence-electron chi connectivity index (χ1n) is 9.86. The lowest BCUT2D eigenvalue weighted by Gasteiger charge is -2.32. The molecule has 0 atom stereocenters. The molecule has 9 nitrogen and oxygen atoms in total. The van der Waals surface area contributed by atoms with E-state index in [1.807, 2.05) is 0 Å². The molecule has 3 rings (SSSR count). The molecule has 3 N–H and O–H groups in total. The van der Waals surface area contributed by atoms with Gasteiger partial charge in [0.1, 0.15) is 5.82 Å². The number of rotatable bonds is 6. The topological polar surface area (TPSA) is 121 Å². The van der Waals surface area contributed by atoms with E-state index < -0.39 is 0 Å². The van der Waals surface area contributed by atoms with Crippen molar-refractivity contribution in [2.75, 3.05) is 32.0 Å². The summed E-state index contributed by atoms with van der Waals surface area (Å²) in [6, 6.07) is 3.55. The minimum absolute atomic E-state index is 0.000798. The highest BCUT2D eigenvalue weighted by molar-refractivity contribution is 5.99. The maximum absolute atomic E-state index is 12.7. The zero-order valence-electron chi connectivity index (χ0n) is 17.1. The molecule has 0 bridgehead atoms. The second kappa shape index (κ2) is 9.04. The third kappa shape index (κ3) is 5.11. The first-order chi connectivity index (χ1) is 13.9. The summed E-state index contributed by atoms with van der Waals surface area (Å²) < 4.78 is 0. The molecule has 1 aliphatic heterocycles. The monoisotopic (exact) mass is 396 g/mol. The Labute approximate surface area is 170 Å². The highest BCUT2D eigenvalue weighted by Crippen LogP contribution is 2.21. The van der Waals surface area contributed by atoms with E-state index in [2.05, 4.69) is 39.3 Å². The predicted octanol–water partition coefficient (Wildman–Crippen LogP) is 3.14. The number of anilines is 1. The van der Waals surface area contributed by atoms with Crippen LogP contribution in [0.25, 0.3) is 10.9 Å². The normalized spacial score (nSPS) is 15.4. The lowest BCUT2D eigenvalue weighted by atomic mass is 9.95. The fourth-order valence-corrected chi connectivity index (χ4v) is 3.59.